The average Bonchev–Trinajstić information content (AvgIpc) is 2.67. The van der Waals surface area contributed by atoms with Gasteiger partial charge in [-0.2, -0.15) is 5.10 Å². The van der Waals surface area contributed by atoms with Gasteiger partial charge in [0.25, 0.3) is 0 Å². The highest BCUT2D eigenvalue weighted by Crippen LogP contribution is 2.08. The van der Waals surface area contributed by atoms with Crippen LogP contribution in [0.1, 0.15) is 23.4 Å². The zero-order valence-electron chi connectivity index (χ0n) is 11.0. The molecule has 1 heterocycles. The lowest BCUT2D eigenvalue weighted by Gasteiger charge is -2.12. The van der Waals surface area contributed by atoms with Crippen molar-refractivity contribution in [1.82, 2.24) is 9.78 Å². The maximum Gasteiger partial charge on any atom is 0.0739 e. The highest BCUT2D eigenvalue weighted by atomic mass is 16.3. The van der Waals surface area contributed by atoms with Crippen molar-refractivity contribution < 1.29 is 5.11 Å². The Hall–Kier alpha value is -1.61. The first kappa shape index (κ1) is 12.8. The van der Waals surface area contributed by atoms with Gasteiger partial charge >= 0.3 is 0 Å². The van der Waals surface area contributed by atoms with E-state index in [9.17, 15) is 5.11 Å². The fourth-order valence-corrected chi connectivity index (χ4v) is 2.13. The molecule has 0 fully saturated rings. The fraction of sp³-hybridized carbons (Fsp3) is 0.400. The van der Waals surface area contributed by atoms with Gasteiger partial charge in [0.15, 0.2) is 0 Å². The van der Waals surface area contributed by atoms with Gasteiger partial charge in [-0.1, -0.05) is 30.3 Å². The molecular weight excluding hydrogens is 224 g/mol. The summed E-state index contributed by atoms with van der Waals surface area (Å²) in [4.78, 5) is 0. The zero-order valence-corrected chi connectivity index (χ0v) is 11.0. The normalized spacial score (nSPS) is 12.6. The average molecular weight is 244 g/mol. The van der Waals surface area contributed by atoms with Crippen LogP contribution in [-0.2, 0) is 13.0 Å². The molecular formula is C15H20N2O. The molecule has 1 N–H and O–H groups in total. The molecule has 18 heavy (non-hydrogen) atoms. The molecule has 0 amide bonds. The van der Waals surface area contributed by atoms with E-state index in [2.05, 4.69) is 17.2 Å². The summed E-state index contributed by atoms with van der Waals surface area (Å²) < 4.78 is 1.88. The molecule has 3 nitrogen and oxygen atoms in total. The van der Waals surface area contributed by atoms with Crippen LogP contribution in [0.25, 0.3) is 0 Å². The molecule has 1 unspecified atom stereocenters. The van der Waals surface area contributed by atoms with Gasteiger partial charge in [0.05, 0.1) is 18.3 Å². The molecule has 2 rings (SSSR count). The molecule has 0 aliphatic heterocycles. The van der Waals surface area contributed by atoms with Crippen LogP contribution in [0, 0.1) is 13.8 Å². The standard InChI is InChI=1S/C15H20N2O/c1-12-10-13(2)17(16-12)11-15(18)9-8-14-6-4-3-5-7-14/h3-7,10,15,18H,8-9,11H2,1-2H3. The second-order valence-electron chi connectivity index (χ2n) is 4.79. The Balaban J connectivity index is 1.86. The van der Waals surface area contributed by atoms with E-state index < -0.39 is 0 Å². The Kier molecular flexibility index (Phi) is 4.15. The summed E-state index contributed by atoms with van der Waals surface area (Å²) >= 11 is 0. The van der Waals surface area contributed by atoms with Crippen molar-refractivity contribution in [2.45, 2.75) is 39.3 Å². The number of hydrogen-bond donors (Lipinski definition) is 1. The predicted molar refractivity (Wildman–Crippen MR) is 72.5 cm³/mol. The molecule has 0 saturated carbocycles. The lowest BCUT2D eigenvalue weighted by atomic mass is 10.1. The van der Waals surface area contributed by atoms with Gasteiger partial charge < -0.3 is 5.11 Å². The van der Waals surface area contributed by atoms with Crippen molar-refractivity contribution in [1.29, 1.82) is 0 Å². The van der Waals surface area contributed by atoms with E-state index >= 15 is 0 Å². The molecule has 1 aromatic heterocycles. The second-order valence-corrected chi connectivity index (χ2v) is 4.79. The third kappa shape index (κ3) is 3.44. The summed E-state index contributed by atoms with van der Waals surface area (Å²) in [5.41, 5.74) is 3.37. The quantitative estimate of drug-likeness (QED) is 0.877. The van der Waals surface area contributed by atoms with Crippen LogP contribution in [0.5, 0.6) is 0 Å². The largest absolute Gasteiger partial charge is 0.391 e. The highest BCUT2D eigenvalue weighted by molar-refractivity contribution is 5.14. The van der Waals surface area contributed by atoms with Crippen molar-refractivity contribution >= 4 is 0 Å². The minimum Gasteiger partial charge on any atom is -0.391 e. The molecule has 0 saturated heterocycles. The number of benzene rings is 1. The summed E-state index contributed by atoms with van der Waals surface area (Å²) in [5, 5.41) is 14.4. The minimum absolute atomic E-state index is 0.344. The van der Waals surface area contributed by atoms with Gasteiger partial charge in [0.1, 0.15) is 0 Å². The van der Waals surface area contributed by atoms with Gasteiger partial charge in [-0.15, -0.1) is 0 Å². The first-order valence-electron chi connectivity index (χ1n) is 6.38. The van der Waals surface area contributed by atoms with Crippen LogP contribution in [0.4, 0.5) is 0 Å². The topological polar surface area (TPSA) is 38.0 Å². The van der Waals surface area contributed by atoms with Crippen LogP contribution < -0.4 is 0 Å². The van der Waals surface area contributed by atoms with E-state index in [1.54, 1.807) is 0 Å². The molecule has 2 aromatic rings. The smallest absolute Gasteiger partial charge is 0.0739 e. The van der Waals surface area contributed by atoms with Crippen LogP contribution in [0.15, 0.2) is 36.4 Å². The van der Waals surface area contributed by atoms with E-state index in [1.165, 1.54) is 5.56 Å². The summed E-state index contributed by atoms with van der Waals surface area (Å²) in [6.07, 6.45) is 1.33. The van der Waals surface area contributed by atoms with Gasteiger partial charge in [0.2, 0.25) is 0 Å². The molecule has 1 aromatic carbocycles. The third-order valence-corrected chi connectivity index (χ3v) is 3.10. The van der Waals surface area contributed by atoms with Crippen LogP contribution in [0.3, 0.4) is 0 Å². The first-order chi connectivity index (χ1) is 8.65. The summed E-state index contributed by atoms with van der Waals surface area (Å²) in [5.74, 6) is 0. The second kappa shape index (κ2) is 5.83. The zero-order chi connectivity index (χ0) is 13.0. The Morgan fingerprint density at radius 2 is 1.94 bits per heavy atom. The number of aliphatic hydroxyl groups excluding tert-OH is 1. The van der Waals surface area contributed by atoms with E-state index in [0.717, 1.165) is 24.2 Å². The third-order valence-electron chi connectivity index (χ3n) is 3.10. The van der Waals surface area contributed by atoms with Crippen LogP contribution in [0.2, 0.25) is 0 Å². The van der Waals surface area contributed by atoms with Crippen molar-refractivity contribution in [2.24, 2.45) is 0 Å². The Labute approximate surface area is 108 Å². The van der Waals surface area contributed by atoms with Crippen molar-refractivity contribution in [3.63, 3.8) is 0 Å². The molecule has 96 valence electrons. The van der Waals surface area contributed by atoms with Gasteiger partial charge in [-0.05, 0) is 38.3 Å². The lowest BCUT2D eigenvalue weighted by Crippen LogP contribution is -2.18. The highest BCUT2D eigenvalue weighted by Gasteiger charge is 2.08. The molecule has 0 radical (unpaired) electrons. The molecule has 3 heteroatoms. The minimum atomic E-state index is -0.344. The Bertz CT molecular complexity index is 490. The summed E-state index contributed by atoms with van der Waals surface area (Å²) in [7, 11) is 0. The number of aliphatic hydroxyl groups is 1. The molecule has 0 spiro atoms. The first-order valence-corrected chi connectivity index (χ1v) is 6.38. The Morgan fingerprint density at radius 1 is 1.22 bits per heavy atom. The fourth-order valence-electron chi connectivity index (χ4n) is 2.13. The predicted octanol–water partition coefficient (Wildman–Crippen LogP) is 2.49. The monoisotopic (exact) mass is 244 g/mol. The van der Waals surface area contributed by atoms with Crippen LogP contribution in [-0.4, -0.2) is 21.0 Å². The number of nitrogens with zero attached hydrogens (tertiary/aromatic N) is 2. The van der Waals surface area contributed by atoms with E-state index in [1.807, 2.05) is 42.8 Å². The Morgan fingerprint density at radius 3 is 2.56 bits per heavy atom. The SMILES string of the molecule is Cc1cc(C)n(CC(O)CCc2ccccc2)n1. The van der Waals surface area contributed by atoms with E-state index in [-0.39, 0.29) is 6.10 Å². The molecule has 0 aliphatic rings. The molecule has 1 atom stereocenters. The van der Waals surface area contributed by atoms with E-state index in [4.69, 9.17) is 0 Å². The van der Waals surface area contributed by atoms with Gasteiger partial charge in [0, 0.05) is 5.69 Å². The number of rotatable bonds is 5. The summed E-state index contributed by atoms with van der Waals surface area (Å²) in [6, 6.07) is 12.3. The molecule has 0 aliphatic carbocycles. The van der Waals surface area contributed by atoms with Crippen molar-refractivity contribution in [3.05, 3.63) is 53.3 Å². The van der Waals surface area contributed by atoms with Gasteiger partial charge in [-0.25, -0.2) is 0 Å². The number of hydrogen-bond acceptors (Lipinski definition) is 2. The van der Waals surface area contributed by atoms with Crippen molar-refractivity contribution in [2.75, 3.05) is 0 Å². The lowest BCUT2D eigenvalue weighted by molar-refractivity contribution is 0.139. The van der Waals surface area contributed by atoms with E-state index in [0.29, 0.717) is 6.54 Å². The number of aromatic nitrogens is 2. The summed E-state index contributed by atoms with van der Waals surface area (Å²) in [6.45, 7) is 4.57. The maximum absolute atomic E-state index is 10.0. The maximum atomic E-state index is 10.0. The molecule has 0 bridgehead atoms. The van der Waals surface area contributed by atoms with Gasteiger partial charge in [-0.3, -0.25) is 4.68 Å². The number of aryl methyl sites for hydroxylation is 3. The van der Waals surface area contributed by atoms with Crippen molar-refractivity contribution in [3.8, 4) is 0 Å². The van der Waals surface area contributed by atoms with Crippen LogP contribution >= 0.6 is 0 Å².